The Kier molecular flexibility index (Phi) is 6.65. The minimum atomic E-state index is -0.400. The molecule has 3 heteroatoms. The van der Waals surface area contributed by atoms with Crippen molar-refractivity contribution in [1.82, 2.24) is 5.32 Å². The summed E-state index contributed by atoms with van der Waals surface area (Å²) in [5.74, 6) is 0.414. The van der Waals surface area contributed by atoms with Crippen LogP contribution in [0.15, 0.2) is 0 Å². The van der Waals surface area contributed by atoms with E-state index in [9.17, 15) is 4.79 Å². The van der Waals surface area contributed by atoms with Crippen LogP contribution in [0, 0.1) is 5.92 Å². The van der Waals surface area contributed by atoms with Gasteiger partial charge in [0, 0.05) is 0 Å². The Hall–Kier alpha value is -0.570. The van der Waals surface area contributed by atoms with Crippen LogP contribution in [0.5, 0.6) is 0 Å². The molecule has 0 saturated carbocycles. The third kappa shape index (κ3) is 7.69. The quantitative estimate of drug-likeness (QED) is 0.712. The van der Waals surface area contributed by atoms with Crippen LogP contribution in [0.2, 0.25) is 0 Å². The van der Waals surface area contributed by atoms with Gasteiger partial charge in [-0.2, -0.15) is 0 Å². The van der Waals surface area contributed by atoms with Crippen molar-refractivity contribution in [2.45, 2.75) is 66.0 Å². The van der Waals surface area contributed by atoms with Gasteiger partial charge in [-0.05, 0) is 39.7 Å². The standard InChI is InChI=1S/C13H27NO2/c1-7-8-11(14-9-10(2)3)12(15)16-13(4,5)6/h10-11,14H,7-9H2,1-6H3/t11-/m0/s1. The van der Waals surface area contributed by atoms with E-state index in [-0.39, 0.29) is 12.0 Å². The van der Waals surface area contributed by atoms with Crippen LogP contribution in [0.3, 0.4) is 0 Å². The molecule has 0 aromatic heterocycles. The van der Waals surface area contributed by atoms with Crippen LogP contribution in [0.25, 0.3) is 0 Å². The highest BCUT2D eigenvalue weighted by atomic mass is 16.6. The van der Waals surface area contributed by atoms with Gasteiger partial charge >= 0.3 is 5.97 Å². The first-order chi connectivity index (χ1) is 7.26. The van der Waals surface area contributed by atoms with Gasteiger partial charge in [-0.15, -0.1) is 0 Å². The van der Waals surface area contributed by atoms with E-state index in [1.165, 1.54) is 0 Å². The van der Waals surface area contributed by atoms with Gasteiger partial charge in [0.2, 0.25) is 0 Å². The first kappa shape index (κ1) is 15.4. The number of ether oxygens (including phenoxy) is 1. The molecule has 96 valence electrons. The minimum absolute atomic E-state index is 0.130. The maximum atomic E-state index is 11.9. The molecule has 0 rings (SSSR count). The molecule has 0 fully saturated rings. The van der Waals surface area contributed by atoms with Crippen molar-refractivity contribution in [1.29, 1.82) is 0 Å². The van der Waals surface area contributed by atoms with Gasteiger partial charge in [-0.25, -0.2) is 0 Å². The molecular weight excluding hydrogens is 202 g/mol. The third-order valence-electron chi connectivity index (χ3n) is 2.04. The number of carbonyl (C=O) groups is 1. The van der Waals surface area contributed by atoms with Crippen molar-refractivity contribution in [3.63, 3.8) is 0 Å². The number of rotatable bonds is 6. The third-order valence-corrected chi connectivity index (χ3v) is 2.04. The highest BCUT2D eigenvalue weighted by Crippen LogP contribution is 2.10. The molecule has 0 aliphatic rings. The summed E-state index contributed by atoms with van der Waals surface area (Å²) in [5, 5.41) is 3.27. The van der Waals surface area contributed by atoms with Gasteiger partial charge < -0.3 is 10.1 Å². The maximum absolute atomic E-state index is 11.9. The number of carbonyl (C=O) groups excluding carboxylic acids is 1. The van der Waals surface area contributed by atoms with E-state index in [1.54, 1.807) is 0 Å². The smallest absolute Gasteiger partial charge is 0.323 e. The molecule has 0 amide bonds. The molecule has 0 aromatic rings. The second kappa shape index (κ2) is 6.89. The lowest BCUT2D eigenvalue weighted by Crippen LogP contribution is -2.42. The van der Waals surface area contributed by atoms with Crippen molar-refractivity contribution in [2.24, 2.45) is 5.92 Å². The van der Waals surface area contributed by atoms with Gasteiger partial charge in [0.15, 0.2) is 0 Å². The second-order valence-electron chi connectivity index (χ2n) is 5.68. The molecule has 16 heavy (non-hydrogen) atoms. The van der Waals surface area contributed by atoms with Gasteiger partial charge in [0.25, 0.3) is 0 Å². The van der Waals surface area contributed by atoms with Crippen molar-refractivity contribution >= 4 is 5.97 Å². The Balaban J connectivity index is 4.23. The monoisotopic (exact) mass is 229 g/mol. The van der Waals surface area contributed by atoms with Crippen LogP contribution < -0.4 is 5.32 Å². The maximum Gasteiger partial charge on any atom is 0.323 e. The van der Waals surface area contributed by atoms with Crippen LogP contribution >= 0.6 is 0 Å². The molecule has 1 atom stereocenters. The molecule has 0 heterocycles. The molecule has 0 unspecified atom stereocenters. The Morgan fingerprint density at radius 3 is 2.25 bits per heavy atom. The van der Waals surface area contributed by atoms with Crippen molar-refractivity contribution in [3.8, 4) is 0 Å². The number of esters is 1. The predicted octanol–water partition coefficient (Wildman–Crippen LogP) is 2.74. The Morgan fingerprint density at radius 1 is 1.31 bits per heavy atom. The SMILES string of the molecule is CCC[C@H](NCC(C)C)C(=O)OC(C)(C)C. The molecule has 1 N–H and O–H groups in total. The highest BCUT2D eigenvalue weighted by Gasteiger charge is 2.24. The largest absolute Gasteiger partial charge is 0.459 e. The van der Waals surface area contributed by atoms with E-state index < -0.39 is 5.60 Å². The average Bonchev–Trinajstić information content (AvgIpc) is 2.08. The van der Waals surface area contributed by atoms with E-state index in [0.717, 1.165) is 19.4 Å². The molecule has 3 nitrogen and oxygen atoms in total. The molecular formula is C13H27NO2. The number of hydrogen-bond donors (Lipinski definition) is 1. The number of nitrogens with one attached hydrogen (secondary N) is 1. The lowest BCUT2D eigenvalue weighted by molar-refractivity contribution is -0.157. The number of hydrogen-bond acceptors (Lipinski definition) is 3. The highest BCUT2D eigenvalue weighted by molar-refractivity contribution is 5.76. The molecule has 0 aliphatic carbocycles. The summed E-state index contributed by atoms with van der Waals surface area (Å²) in [6.07, 6.45) is 1.82. The first-order valence-electron chi connectivity index (χ1n) is 6.22. The Labute approximate surface area is 99.9 Å². The van der Waals surface area contributed by atoms with Crippen molar-refractivity contribution in [2.75, 3.05) is 6.54 Å². The topological polar surface area (TPSA) is 38.3 Å². The van der Waals surface area contributed by atoms with Gasteiger partial charge in [-0.3, -0.25) is 4.79 Å². The molecule has 0 saturated heterocycles. The van der Waals surface area contributed by atoms with Gasteiger partial charge in [0.05, 0.1) is 0 Å². The zero-order valence-electron chi connectivity index (χ0n) is 11.6. The fourth-order valence-corrected chi connectivity index (χ4v) is 1.34. The van der Waals surface area contributed by atoms with Gasteiger partial charge in [-0.1, -0.05) is 27.2 Å². The molecule has 0 aliphatic heterocycles. The summed E-state index contributed by atoms with van der Waals surface area (Å²) in [5.41, 5.74) is -0.400. The van der Waals surface area contributed by atoms with E-state index in [4.69, 9.17) is 4.74 Å². The molecule has 0 radical (unpaired) electrons. The van der Waals surface area contributed by atoms with Gasteiger partial charge in [0.1, 0.15) is 11.6 Å². The van der Waals surface area contributed by atoms with Crippen LogP contribution in [-0.4, -0.2) is 24.2 Å². The van der Waals surface area contributed by atoms with Crippen LogP contribution in [0.1, 0.15) is 54.4 Å². The Morgan fingerprint density at radius 2 is 1.88 bits per heavy atom. The van der Waals surface area contributed by atoms with Crippen molar-refractivity contribution < 1.29 is 9.53 Å². The summed E-state index contributed by atoms with van der Waals surface area (Å²) >= 11 is 0. The van der Waals surface area contributed by atoms with Crippen LogP contribution in [0.4, 0.5) is 0 Å². The summed E-state index contributed by atoms with van der Waals surface area (Å²) < 4.78 is 5.38. The fourth-order valence-electron chi connectivity index (χ4n) is 1.34. The normalized spacial score (nSPS) is 13.9. The predicted molar refractivity (Wildman–Crippen MR) is 67.4 cm³/mol. The first-order valence-corrected chi connectivity index (χ1v) is 6.22. The molecule has 0 bridgehead atoms. The van der Waals surface area contributed by atoms with Crippen LogP contribution in [-0.2, 0) is 9.53 Å². The van der Waals surface area contributed by atoms with E-state index in [0.29, 0.717) is 5.92 Å². The zero-order chi connectivity index (χ0) is 12.8. The summed E-state index contributed by atoms with van der Waals surface area (Å²) in [7, 11) is 0. The Bertz CT molecular complexity index is 206. The summed E-state index contributed by atoms with van der Waals surface area (Å²) in [6.45, 7) is 12.9. The molecule has 0 spiro atoms. The minimum Gasteiger partial charge on any atom is -0.459 e. The van der Waals surface area contributed by atoms with Crippen molar-refractivity contribution in [3.05, 3.63) is 0 Å². The average molecular weight is 229 g/mol. The zero-order valence-corrected chi connectivity index (χ0v) is 11.6. The van der Waals surface area contributed by atoms with E-state index >= 15 is 0 Å². The van der Waals surface area contributed by atoms with E-state index in [2.05, 4.69) is 26.1 Å². The van der Waals surface area contributed by atoms with E-state index in [1.807, 2.05) is 20.8 Å². The lowest BCUT2D eigenvalue weighted by Gasteiger charge is -2.25. The summed E-state index contributed by atoms with van der Waals surface area (Å²) in [4.78, 5) is 11.9. The second-order valence-corrected chi connectivity index (χ2v) is 5.68. The fraction of sp³-hybridized carbons (Fsp3) is 0.923. The lowest BCUT2D eigenvalue weighted by atomic mass is 10.1. The molecule has 0 aromatic carbocycles. The summed E-state index contributed by atoms with van der Waals surface area (Å²) in [6, 6.07) is -0.161.